The summed E-state index contributed by atoms with van der Waals surface area (Å²) in [6.45, 7) is 8.67. The molecule has 8 heteroatoms. The number of likely N-dealkylation sites (tertiary alicyclic amines) is 1. The van der Waals surface area contributed by atoms with Crippen LogP contribution >= 0.6 is 11.3 Å². The first-order valence-electron chi connectivity index (χ1n) is 8.27. The van der Waals surface area contributed by atoms with Gasteiger partial charge in [-0.2, -0.15) is 4.98 Å². The second-order valence-electron chi connectivity index (χ2n) is 6.14. The first kappa shape index (κ1) is 17.0. The van der Waals surface area contributed by atoms with Crippen LogP contribution in [0, 0.1) is 6.92 Å². The lowest BCUT2D eigenvalue weighted by atomic mass is 10.2. The average Bonchev–Trinajstić information content (AvgIpc) is 3.26. The lowest BCUT2D eigenvalue weighted by Gasteiger charge is -2.26. The van der Waals surface area contributed by atoms with Crippen molar-refractivity contribution in [1.82, 2.24) is 24.9 Å². The van der Waals surface area contributed by atoms with Crippen LogP contribution < -0.4 is 0 Å². The molecule has 130 valence electrons. The van der Waals surface area contributed by atoms with Crippen LogP contribution in [0.15, 0.2) is 9.90 Å². The van der Waals surface area contributed by atoms with E-state index in [0.29, 0.717) is 24.7 Å². The van der Waals surface area contributed by atoms with Crippen LogP contribution in [0.3, 0.4) is 0 Å². The summed E-state index contributed by atoms with van der Waals surface area (Å²) in [5.41, 5.74) is 1.11. The molecule has 1 aliphatic heterocycles. The maximum atomic E-state index is 12.1. The quantitative estimate of drug-likeness (QED) is 0.794. The van der Waals surface area contributed by atoms with Crippen LogP contribution in [-0.2, 0) is 24.3 Å². The molecule has 0 saturated carbocycles. The Morgan fingerprint density at radius 2 is 2.33 bits per heavy atom. The summed E-state index contributed by atoms with van der Waals surface area (Å²) in [6, 6.07) is 0.186. The van der Waals surface area contributed by atoms with Gasteiger partial charge in [0.15, 0.2) is 5.82 Å². The Balaban J connectivity index is 1.61. The van der Waals surface area contributed by atoms with Crippen molar-refractivity contribution in [2.24, 2.45) is 0 Å². The van der Waals surface area contributed by atoms with Gasteiger partial charge in [-0.05, 0) is 13.3 Å². The second-order valence-corrected chi connectivity index (χ2v) is 7.20. The molecule has 1 atom stereocenters. The molecule has 0 unspecified atom stereocenters. The van der Waals surface area contributed by atoms with Gasteiger partial charge in [-0.25, -0.2) is 4.98 Å². The van der Waals surface area contributed by atoms with Crippen LogP contribution in [-0.4, -0.2) is 50.0 Å². The normalized spacial score (nSPS) is 18.2. The Morgan fingerprint density at radius 1 is 1.50 bits per heavy atom. The Labute approximate surface area is 145 Å². The maximum absolute atomic E-state index is 12.1. The minimum Gasteiger partial charge on any atom is -0.339 e. The van der Waals surface area contributed by atoms with E-state index in [0.717, 1.165) is 36.8 Å². The smallest absolute Gasteiger partial charge is 0.226 e. The van der Waals surface area contributed by atoms with E-state index in [1.54, 1.807) is 18.3 Å². The summed E-state index contributed by atoms with van der Waals surface area (Å²) in [4.78, 5) is 25.1. The monoisotopic (exact) mass is 349 g/mol. The molecular formula is C16H23N5O2S. The van der Waals surface area contributed by atoms with Gasteiger partial charge in [-0.1, -0.05) is 12.1 Å². The largest absolute Gasteiger partial charge is 0.339 e. The minimum absolute atomic E-state index is 0.0502. The topological polar surface area (TPSA) is 75.4 Å². The van der Waals surface area contributed by atoms with Crippen LogP contribution in [0.5, 0.6) is 0 Å². The molecule has 1 amide bonds. The standard InChI is InChI=1S/C16H23N5O2S/c1-4-16-18-15(19-23-16)9-21(12(3)22)14-5-6-20(8-14)7-13-10-24-11(2)17-13/h10,14H,4-9H2,1-3H3/t14-/m1/s1. The third-order valence-corrected chi connectivity index (χ3v) is 5.09. The van der Waals surface area contributed by atoms with Crippen LogP contribution in [0.25, 0.3) is 0 Å². The van der Waals surface area contributed by atoms with Crippen molar-refractivity contribution >= 4 is 17.2 Å². The lowest BCUT2D eigenvalue weighted by Crippen LogP contribution is -2.40. The molecule has 1 saturated heterocycles. The average molecular weight is 349 g/mol. The first-order valence-corrected chi connectivity index (χ1v) is 9.15. The fourth-order valence-electron chi connectivity index (χ4n) is 3.07. The Bertz CT molecular complexity index is 698. The van der Waals surface area contributed by atoms with E-state index in [4.69, 9.17) is 4.52 Å². The molecule has 1 fully saturated rings. The molecule has 24 heavy (non-hydrogen) atoms. The number of hydrogen-bond acceptors (Lipinski definition) is 7. The fraction of sp³-hybridized carbons (Fsp3) is 0.625. The fourth-order valence-corrected chi connectivity index (χ4v) is 3.67. The predicted molar refractivity (Wildman–Crippen MR) is 90.4 cm³/mol. The van der Waals surface area contributed by atoms with Gasteiger partial charge in [0.2, 0.25) is 11.8 Å². The molecule has 2 aromatic rings. The highest BCUT2D eigenvalue weighted by molar-refractivity contribution is 7.09. The van der Waals surface area contributed by atoms with E-state index in [2.05, 4.69) is 25.4 Å². The van der Waals surface area contributed by atoms with Gasteiger partial charge >= 0.3 is 0 Å². The highest BCUT2D eigenvalue weighted by atomic mass is 32.1. The van der Waals surface area contributed by atoms with Crippen molar-refractivity contribution in [3.63, 3.8) is 0 Å². The summed E-state index contributed by atoms with van der Waals surface area (Å²) >= 11 is 1.68. The van der Waals surface area contributed by atoms with E-state index in [1.165, 1.54) is 0 Å². The summed E-state index contributed by atoms with van der Waals surface area (Å²) < 4.78 is 5.14. The Kier molecular flexibility index (Phi) is 5.25. The van der Waals surface area contributed by atoms with Gasteiger partial charge in [0.05, 0.1) is 17.2 Å². The predicted octanol–water partition coefficient (Wildman–Crippen LogP) is 2.02. The summed E-state index contributed by atoms with van der Waals surface area (Å²) in [7, 11) is 0. The lowest BCUT2D eigenvalue weighted by molar-refractivity contribution is -0.131. The molecule has 1 aliphatic rings. The highest BCUT2D eigenvalue weighted by Gasteiger charge is 2.30. The molecule has 0 aromatic carbocycles. The van der Waals surface area contributed by atoms with Crippen LogP contribution in [0.2, 0.25) is 0 Å². The molecule has 0 aliphatic carbocycles. The van der Waals surface area contributed by atoms with Crippen molar-refractivity contribution < 1.29 is 9.32 Å². The number of hydrogen-bond donors (Lipinski definition) is 0. The zero-order chi connectivity index (χ0) is 17.1. The minimum atomic E-state index is 0.0502. The molecule has 3 heterocycles. The van der Waals surface area contributed by atoms with Gasteiger partial charge in [0.1, 0.15) is 0 Å². The summed E-state index contributed by atoms with van der Waals surface area (Å²) in [5, 5.41) is 7.17. The molecule has 0 spiro atoms. The molecule has 0 bridgehead atoms. The molecule has 0 radical (unpaired) electrons. The van der Waals surface area contributed by atoms with E-state index in [9.17, 15) is 4.79 Å². The zero-order valence-electron chi connectivity index (χ0n) is 14.4. The summed E-state index contributed by atoms with van der Waals surface area (Å²) in [5.74, 6) is 1.24. The zero-order valence-corrected chi connectivity index (χ0v) is 15.2. The van der Waals surface area contributed by atoms with E-state index in [-0.39, 0.29) is 11.9 Å². The number of carbonyl (C=O) groups excluding carboxylic acids is 1. The highest BCUT2D eigenvalue weighted by Crippen LogP contribution is 2.20. The number of aromatic nitrogens is 3. The maximum Gasteiger partial charge on any atom is 0.226 e. The first-order chi connectivity index (χ1) is 11.5. The van der Waals surface area contributed by atoms with Gasteiger partial charge in [-0.15, -0.1) is 11.3 Å². The number of rotatable bonds is 6. The van der Waals surface area contributed by atoms with Crippen molar-refractivity contribution in [3.05, 3.63) is 27.8 Å². The molecule has 2 aromatic heterocycles. The molecule has 3 rings (SSSR count). The van der Waals surface area contributed by atoms with Gasteiger partial charge < -0.3 is 9.42 Å². The molecule has 7 nitrogen and oxygen atoms in total. The van der Waals surface area contributed by atoms with Gasteiger partial charge in [-0.3, -0.25) is 9.69 Å². The van der Waals surface area contributed by atoms with Crippen molar-refractivity contribution in [1.29, 1.82) is 0 Å². The number of amides is 1. The number of carbonyl (C=O) groups is 1. The van der Waals surface area contributed by atoms with E-state index >= 15 is 0 Å². The van der Waals surface area contributed by atoms with E-state index < -0.39 is 0 Å². The SMILES string of the molecule is CCc1nc(CN(C(C)=O)[C@@H]2CCN(Cc3csc(C)n3)C2)no1. The van der Waals surface area contributed by atoms with Crippen molar-refractivity contribution in [2.45, 2.75) is 52.7 Å². The van der Waals surface area contributed by atoms with Crippen molar-refractivity contribution in [2.75, 3.05) is 13.1 Å². The van der Waals surface area contributed by atoms with Gasteiger partial charge in [0, 0.05) is 44.4 Å². The number of aryl methyl sites for hydroxylation is 2. The Hall–Kier alpha value is -1.80. The summed E-state index contributed by atoms with van der Waals surface area (Å²) in [6.07, 6.45) is 1.67. The number of thiazole rings is 1. The van der Waals surface area contributed by atoms with Crippen LogP contribution in [0.4, 0.5) is 0 Å². The van der Waals surface area contributed by atoms with Crippen molar-refractivity contribution in [3.8, 4) is 0 Å². The Morgan fingerprint density at radius 3 is 2.96 bits per heavy atom. The molecular weight excluding hydrogens is 326 g/mol. The van der Waals surface area contributed by atoms with Gasteiger partial charge in [0.25, 0.3) is 0 Å². The second kappa shape index (κ2) is 7.40. The molecule has 0 N–H and O–H groups in total. The third-order valence-electron chi connectivity index (χ3n) is 4.27. The number of nitrogens with zero attached hydrogens (tertiary/aromatic N) is 5. The van der Waals surface area contributed by atoms with E-state index in [1.807, 2.05) is 18.7 Å². The third kappa shape index (κ3) is 3.99. The van der Waals surface area contributed by atoms with Crippen LogP contribution in [0.1, 0.15) is 42.7 Å².